The summed E-state index contributed by atoms with van der Waals surface area (Å²) in [5.41, 5.74) is 2.79. The van der Waals surface area contributed by atoms with Crippen LogP contribution in [0.3, 0.4) is 0 Å². The minimum Gasteiger partial charge on any atom is -0.465 e. The number of fused-ring (bicyclic) bond motifs is 1. The number of anilines is 2. The van der Waals surface area contributed by atoms with Gasteiger partial charge in [0.2, 0.25) is 5.91 Å². The molecule has 0 aliphatic carbocycles. The Hall–Kier alpha value is -3.23. The summed E-state index contributed by atoms with van der Waals surface area (Å²) in [7, 11) is 1.96. The molecule has 142 valence electrons. The molecule has 9 nitrogen and oxygen atoms in total. The van der Waals surface area contributed by atoms with E-state index in [2.05, 4.69) is 10.2 Å². The summed E-state index contributed by atoms with van der Waals surface area (Å²) >= 11 is 0. The predicted molar refractivity (Wildman–Crippen MR) is 100 cm³/mol. The van der Waals surface area contributed by atoms with Gasteiger partial charge in [0.15, 0.2) is 0 Å². The first kappa shape index (κ1) is 17.2. The Balaban J connectivity index is 1.65. The first-order chi connectivity index (χ1) is 12.9. The van der Waals surface area contributed by atoms with E-state index in [1.54, 1.807) is 4.90 Å². The molecular formula is C18H21N5O4. The second-order valence-electron chi connectivity index (χ2n) is 6.84. The van der Waals surface area contributed by atoms with Gasteiger partial charge in [0.1, 0.15) is 0 Å². The van der Waals surface area contributed by atoms with Crippen LogP contribution < -0.4 is 15.1 Å². The minimum atomic E-state index is -0.888. The number of carboxylic acid groups (broad SMARTS) is 1. The van der Waals surface area contributed by atoms with Gasteiger partial charge in [-0.1, -0.05) is 0 Å². The molecule has 0 spiro atoms. The van der Waals surface area contributed by atoms with Gasteiger partial charge in [-0.25, -0.2) is 9.59 Å². The van der Waals surface area contributed by atoms with Crippen molar-refractivity contribution < 1.29 is 19.5 Å². The third kappa shape index (κ3) is 3.05. The second kappa shape index (κ2) is 6.49. The highest BCUT2D eigenvalue weighted by Crippen LogP contribution is 2.33. The van der Waals surface area contributed by atoms with Crippen LogP contribution in [0, 0.1) is 0 Å². The number of urea groups is 1. The quantitative estimate of drug-likeness (QED) is 0.832. The number of carbonyl (C=O) groups is 3. The van der Waals surface area contributed by atoms with Gasteiger partial charge < -0.3 is 19.5 Å². The Bertz CT molecular complexity index is 929. The van der Waals surface area contributed by atoms with Crippen LogP contribution in [-0.2, 0) is 11.8 Å². The number of carbonyl (C=O) groups excluding carboxylic acids is 2. The number of nitrogens with zero attached hydrogens (tertiary/aromatic N) is 4. The standard InChI is InChI=1S/C18H21N5O4/c1-20-11-15(21-6-8-22(9-7-21)18(26)27)13-10-12(2-3-14(13)20)23-5-4-16(24)19-17(23)25/h2-3,10-11H,4-9H2,1H3,(H,26,27)(H,19,24,25). The van der Waals surface area contributed by atoms with E-state index in [1.165, 1.54) is 4.90 Å². The van der Waals surface area contributed by atoms with E-state index < -0.39 is 12.1 Å². The molecule has 1 aromatic carbocycles. The van der Waals surface area contributed by atoms with Crippen molar-refractivity contribution in [3.8, 4) is 0 Å². The highest BCUT2D eigenvalue weighted by Gasteiger charge is 2.26. The van der Waals surface area contributed by atoms with Gasteiger partial charge in [0, 0.05) is 63.5 Å². The highest BCUT2D eigenvalue weighted by molar-refractivity contribution is 6.07. The van der Waals surface area contributed by atoms with E-state index >= 15 is 0 Å². The summed E-state index contributed by atoms with van der Waals surface area (Å²) in [6.45, 7) is 2.52. The van der Waals surface area contributed by atoms with E-state index in [1.807, 2.05) is 36.0 Å². The van der Waals surface area contributed by atoms with Crippen LogP contribution in [0.15, 0.2) is 24.4 Å². The van der Waals surface area contributed by atoms with Crippen molar-refractivity contribution in [2.75, 3.05) is 42.5 Å². The number of hydrogen-bond donors (Lipinski definition) is 2. The molecular weight excluding hydrogens is 350 g/mol. The third-order valence-corrected chi connectivity index (χ3v) is 5.21. The van der Waals surface area contributed by atoms with Gasteiger partial charge in [-0.05, 0) is 18.2 Å². The number of imide groups is 1. The maximum atomic E-state index is 12.2. The van der Waals surface area contributed by atoms with Crippen LogP contribution in [-0.4, -0.2) is 65.3 Å². The number of benzene rings is 1. The molecule has 9 heteroatoms. The molecule has 0 unspecified atom stereocenters. The SMILES string of the molecule is Cn1cc(N2CCN(C(=O)O)CC2)c2cc(N3CCC(=O)NC3=O)ccc21. The number of piperazine rings is 1. The fourth-order valence-corrected chi connectivity index (χ4v) is 3.73. The number of rotatable bonds is 2. The van der Waals surface area contributed by atoms with E-state index in [9.17, 15) is 14.4 Å². The molecule has 2 fully saturated rings. The largest absolute Gasteiger partial charge is 0.465 e. The van der Waals surface area contributed by atoms with E-state index in [4.69, 9.17) is 5.11 Å². The molecule has 2 aliphatic rings. The Labute approximate surface area is 155 Å². The van der Waals surface area contributed by atoms with Crippen LogP contribution >= 0.6 is 0 Å². The summed E-state index contributed by atoms with van der Waals surface area (Å²) < 4.78 is 2.03. The lowest BCUT2D eigenvalue weighted by atomic mass is 10.1. The number of aryl methyl sites for hydroxylation is 1. The van der Waals surface area contributed by atoms with Crippen LogP contribution in [0.2, 0.25) is 0 Å². The van der Waals surface area contributed by atoms with E-state index in [0.717, 1.165) is 22.3 Å². The lowest BCUT2D eigenvalue weighted by Crippen LogP contribution is -2.49. The zero-order valence-electron chi connectivity index (χ0n) is 15.0. The van der Waals surface area contributed by atoms with E-state index in [0.29, 0.717) is 32.7 Å². The molecule has 3 heterocycles. The van der Waals surface area contributed by atoms with Crippen LogP contribution in [0.25, 0.3) is 10.9 Å². The first-order valence-electron chi connectivity index (χ1n) is 8.87. The van der Waals surface area contributed by atoms with Crippen molar-refractivity contribution in [1.29, 1.82) is 0 Å². The number of hydrogen-bond acceptors (Lipinski definition) is 4. The third-order valence-electron chi connectivity index (χ3n) is 5.21. The van der Waals surface area contributed by atoms with Crippen molar-refractivity contribution >= 4 is 40.3 Å². The Morgan fingerprint density at radius 1 is 1.11 bits per heavy atom. The molecule has 0 radical (unpaired) electrons. The van der Waals surface area contributed by atoms with Gasteiger partial charge in [0.05, 0.1) is 11.2 Å². The summed E-state index contributed by atoms with van der Waals surface area (Å²) in [6.07, 6.45) is 1.42. The summed E-state index contributed by atoms with van der Waals surface area (Å²) in [5, 5.41) is 12.5. The molecule has 2 N–H and O–H groups in total. The maximum Gasteiger partial charge on any atom is 0.407 e. The molecule has 0 bridgehead atoms. The Morgan fingerprint density at radius 2 is 1.85 bits per heavy atom. The summed E-state index contributed by atoms with van der Waals surface area (Å²) in [6, 6.07) is 5.40. The molecule has 4 rings (SSSR count). The van der Waals surface area contributed by atoms with Gasteiger partial charge in [-0.2, -0.15) is 0 Å². The normalized spacial score (nSPS) is 18.2. The van der Waals surface area contributed by atoms with Crippen molar-refractivity contribution in [3.63, 3.8) is 0 Å². The van der Waals surface area contributed by atoms with Gasteiger partial charge in [-0.3, -0.25) is 15.0 Å². The number of amides is 4. The summed E-state index contributed by atoms with van der Waals surface area (Å²) in [5.74, 6) is -0.256. The second-order valence-corrected chi connectivity index (χ2v) is 6.84. The summed E-state index contributed by atoms with van der Waals surface area (Å²) in [4.78, 5) is 39.8. The molecule has 0 atom stereocenters. The van der Waals surface area contributed by atoms with E-state index in [-0.39, 0.29) is 12.3 Å². The molecule has 2 aliphatic heterocycles. The fraction of sp³-hybridized carbons (Fsp3) is 0.389. The average Bonchev–Trinajstić information content (AvgIpc) is 2.98. The monoisotopic (exact) mass is 371 g/mol. The van der Waals surface area contributed by atoms with Gasteiger partial charge in [0.25, 0.3) is 0 Å². The maximum absolute atomic E-state index is 12.2. The fourth-order valence-electron chi connectivity index (χ4n) is 3.73. The van der Waals surface area contributed by atoms with Crippen molar-refractivity contribution in [2.45, 2.75) is 6.42 Å². The first-order valence-corrected chi connectivity index (χ1v) is 8.87. The topological polar surface area (TPSA) is 98.1 Å². The zero-order chi connectivity index (χ0) is 19.1. The van der Waals surface area contributed by atoms with Crippen LogP contribution in [0.4, 0.5) is 21.0 Å². The lowest BCUT2D eigenvalue weighted by Gasteiger charge is -2.34. The smallest absolute Gasteiger partial charge is 0.407 e. The molecule has 2 saturated heterocycles. The lowest BCUT2D eigenvalue weighted by molar-refractivity contribution is -0.120. The zero-order valence-corrected chi connectivity index (χ0v) is 15.0. The van der Waals surface area contributed by atoms with Crippen molar-refractivity contribution in [1.82, 2.24) is 14.8 Å². The number of aromatic nitrogens is 1. The predicted octanol–water partition coefficient (Wildman–Crippen LogP) is 1.42. The van der Waals surface area contributed by atoms with Gasteiger partial charge >= 0.3 is 12.1 Å². The Kier molecular flexibility index (Phi) is 4.14. The van der Waals surface area contributed by atoms with Crippen LogP contribution in [0.1, 0.15) is 6.42 Å². The van der Waals surface area contributed by atoms with Crippen molar-refractivity contribution in [3.05, 3.63) is 24.4 Å². The molecule has 0 saturated carbocycles. The highest BCUT2D eigenvalue weighted by atomic mass is 16.4. The minimum absolute atomic E-state index is 0.256. The van der Waals surface area contributed by atoms with Gasteiger partial charge in [-0.15, -0.1) is 0 Å². The molecule has 4 amide bonds. The molecule has 27 heavy (non-hydrogen) atoms. The Morgan fingerprint density at radius 3 is 2.52 bits per heavy atom. The molecule has 1 aromatic heterocycles. The van der Waals surface area contributed by atoms with Crippen LogP contribution in [0.5, 0.6) is 0 Å². The molecule has 2 aromatic rings. The number of nitrogens with one attached hydrogen (secondary N) is 1. The average molecular weight is 371 g/mol. The van der Waals surface area contributed by atoms with Crippen molar-refractivity contribution in [2.24, 2.45) is 7.05 Å².